The summed E-state index contributed by atoms with van der Waals surface area (Å²) in [5, 5.41) is 0. The highest BCUT2D eigenvalue weighted by atomic mass is 16.5. The van der Waals surface area contributed by atoms with Gasteiger partial charge in [0.05, 0.1) is 5.57 Å². The van der Waals surface area contributed by atoms with Crippen LogP contribution in [0.1, 0.15) is 19.8 Å². The van der Waals surface area contributed by atoms with Crippen molar-refractivity contribution in [2.24, 2.45) is 0 Å². The molecule has 0 aliphatic carbocycles. The van der Waals surface area contributed by atoms with Crippen LogP contribution >= 0.6 is 0 Å². The third-order valence-electron chi connectivity index (χ3n) is 3.72. The maximum absolute atomic E-state index is 12.5. The molecule has 0 bridgehead atoms. The summed E-state index contributed by atoms with van der Waals surface area (Å²) >= 11 is 0. The normalized spacial score (nSPS) is 20.3. The highest BCUT2D eigenvalue weighted by Gasteiger charge is 2.42. The molecule has 1 saturated heterocycles. The Morgan fingerprint density at radius 2 is 1.86 bits per heavy atom. The Morgan fingerprint density at radius 3 is 2.52 bits per heavy atom. The predicted octanol–water partition coefficient (Wildman–Crippen LogP) is 1.28. The van der Waals surface area contributed by atoms with Crippen molar-refractivity contribution in [3.05, 3.63) is 35.9 Å². The van der Waals surface area contributed by atoms with Crippen molar-refractivity contribution in [1.29, 1.82) is 0 Å². The highest BCUT2D eigenvalue weighted by Crippen LogP contribution is 2.28. The van der Waals surface area contributed by atoms with Gasteiger partial charge in [-0.15, -0.1) is 0 Å². The van der Waals surface area contributed by atoms with Gasteiger partial charge < -0.3 is 9.47 Å². The van der Waals surface area contributed by atoms with Gasteiger partial charge in [-0.3, -0.25) is 19.5 Å². The van der Waals surface area contributed by atoms with E-state index in [1.54, 1.807) is 31.5 Å². The predicted molar refractivity (Wildman–Crippen MR) is 73.3 cm³/mol. The fraction of sp³-hybridized carbons (Fsp3) is 0.400. The summed E-state index contributed by atoms with van der Waals surface area (Å²) in [6.07, 6.45) is 4.49. The minimum atomic E-state index is -0.360. The molecule has 3 rings (SSSR count). The Morgan fingerprint density at radius 1 is 1.19 bits per heavy atom. The molecular weight excluding hydrogens is 272 g/mol. The van der Waals surface area contributed by atoms with Crippen molar-refractivity contribution in [1.82, 2.24) is 9.88 Å². The topological polar surface area (TPSA) is 68.7 Å². The molecule has 0 unspecified atom stereocenters. The summed E-state index contributed by atoms with van der Waals surface area (Å²) in [5.41, 5.74) is 0.350. The van der Waals surface area contributed by atoms with Crippen molar-refractivity contribution in [2.75, 3.05) is 13.2 Å². The quantitative estimate of drug-likeness (QED) is 0.784. The molecule has 6 heteroatoms. The van der Waals surface area contributed by atoms with E-state index in [9.17, 15) is 9.59 Å². The molecule has 0 aromatic carbocycles. The van der Waals surface area contributed by atoms with Gasteiger partial charge in [0.15, 0.2) is 0 Å². The number of imide groups is 1. The van der Waals surface area contributed by atoms with Crippen LogP contribution in [-0.4, -0.2) is 41.0 Å². The largest absolute Gasteiger partial charge is 0.451 e. The molecule has 1 aromatic rings. The Labute approximate surface area is 122 Å². The lowest BCUT2D eigenvalue weighted by Crippen LogP contribution is -2.44. The smallest absolute Gasteiger partial charge is 0.297 e. The highest BCUT2D eigenvalue weighted by molar-refractivity contribution is 6.18. The van der Waals surface area contributed by atoms with Crippen LogP contribution in [0.2, 0.25) is 0 Å². The molecule has 6 nitrogen and oxygen atoms in total. The molecule has 0 spiro atoms. The molecule has 0 N–H and O–H groups in total. The maximum atomic E-state index is 12.5. The van der Waals surface area contributed by atoms with Crippen LogP contribution in [0.3, 0.4) is 0 Å². The van der Waals surface area contributed by atoms with Crippen LogP contribution in [0.15, 0.2) is 35.9 Å². The number of aromatic nitrogens is 1. The van der Waals surface area contributed by atoms with E-state index >= 15 is 0 Å². The van der Waals surface area contributed by atoms with E-state index < -0.39 is 0 Å². The minimum Gasteiger partial charge on any atom is -0.451 e. The Kier molecular flexibility index (Phi) is 3.70. The van der Waals surface area contributed by atoms with Crippen LogP contribution in [-0.2, 0) is 14.3 Å². The van der Waals surface area contributed by atoms with Crippen LogP contribution < -0.4 is 4.74 Å². The number of pyridine rings is 1. The second-order valence-corrected chi connectivity index (χ2v) is 5.06. The van der Waals surface area contributed by atoms with Gasteiger partial charge in [0.25, 0.3) is 11.8 Å². The average Bonchev–Trinajstić information content (AvgIpc) is 2.73. The first kappa shape index (κ1) is 13.8. The van der Waals surface area contributed by atoms with Crippen molar-refractivity contribution >= 4 is 11.8 Å². The zero-order chi connectivity index (χ0) is 14.8. The fourth-order valence-electron chi connectivity index (χ4n) is 2.56. The first-order chi connectivity index (χ1) is 10.2. The van der Waals surface area contributed by atoms with Crippen molar-refractivity contribution in [2.45, 2.75) is 25.8 Å². The van der Waals surface area contributed by atoms with E-state index in [-0.39, 0.29) is 23.6 Å². The molecule has 1 fully saturated rings. The van der Waals surface area contributed by atoms with Crippen molar-refractivity contribution in [3.8, 4) is 5.75 Å². The molecule has 2 aliphatic heterocycles. The summed E-state index contributed by atoms with van der Waals surface area (Å²) < 4.78 is 10.9. The maximum Gasteiger partial charge on any atom is 0.297 e. The molecule has 21 heavy (non-hydrogen) atoms. The van der Waals surface area contributed by atoms with Gasteiger partial charge in [-0.1, -0.05) is 0 Å². The molecule has 2 aliphatic rings. The Bertz CT molecular complexity index is 591. The standard InChI is InChI=1S/C15H16N2O4/c1-10-13(21-12-2-6-16-7-3-12)15(19)17(14(10)18)11-4-8-20-9-5-11/h2-3,6-7,11H,4-5,8-9H2,1H3. The molecule has 0 saturated carbocycles. The Hall–Kier alpha value is -2.21. The summed E-state index contributed by atoms with van der Waals surface area (Å²) in [5.74, 6) is -0.0239. The van der Waals surface area contributed by atoms with E-state index in [1.165, 1.54) is 4.90 Å². The number of nitrogens with zero attached hydrogens (tertiary/aromatic N) is 2. The number of carbonyl (C=O) groups excluding carboxylic acids is 2. The molecule has 0 radical (unpaired) electrons. The zero-order valence-corrected chi connectivity index (χ0v) is 11.7. The van der Waals surface area contributed by atoms with Crippen LogP contribution in [0.5, 0.6) is 5.75 Å². The number of amides is 2. The fourth-order valence-corrected chi connectivity index (χ4v) is 2.56. The number of ether oxygens (including phenoxy) is 2. The molecule has 1 aromatic heterocycles. The van der Waals surface area contributed by atoms with E-state index in [0.29, 0.717) is 37.4 Å². The molecular formula is C15H16N2O4. The summed E-state index contributed by atoms with van der Waals surface area (Å²) in [6, 6.07) is 3.19. The number of rotatable bonds is 3. The third kappa shape index (κ3) is 2.54. The van der Waals surface area contributed by atoms with E-state index in [2.05, 4.69) is 4.98 Å². The first-order valence-corrected chi connectivity index (χ1v) is 6.93. The SMILES string of the molecule is CC1=C(Oc2ccncc2)C(=O)N(C2CCOCC2)C1=O. The number of hydrogen-bond acceptors (Lipinski definition) is 5. The number of carbonyl (C=O) groups is 2. The molecule has 2 amide bonds. The average molecular weight is 288 g/mol. The van der Waals surface area contributed by atoms with Gasteiger partial charge in [0.1, 0.15) is 5.75 Å². The van der Waals surface area contributed by atoms with Gasteiger partial charge >= 0.3 is 0 Å². The van der Waals surface area contributed by atoms with E-state index in [1.807, 2.05) is 0 Å². The third-order valence-corrected chi connectivity index (χ3v) is 3.72. The lowest BCUT2D eigenvalue weighted by Gasteiger charge is -2.29. The second-order valence-electron chi connectivity index (χ2n) is 5.06. The van der Waals surface area contributed by atoms with Crippen molar-refractivity contribution < 1.29 is 19.1 Å². The number of hydrogen-bond donors (Lipinski definition) is 0. The summed E-state index contributed by atoms with van der Waals surface area (Å²) in [4.78, 5) is 30.0. The lowest BCUT2D eigenvalue weighted by molar-refractivity contribution is -0.143. The monoisotopic (exact) mass is 288 g/mol. The van der Waals surface area contributed by atoms with E-state index in [0.717, 1.165) is 0 Å². The van der Waals surface area contributed by atoms with Gasteiger partial charge in [0, 0.05) is 31.6 Å². The van der Waals surface area contributed by atoms with Crippen LogP contribution in [0, 0.1) is 0 Å². The van der Waals surface area contributed by atoms with Crippen LogP contribution in [0.4, 0.5) is 0 Å². The van der Waals surface area contributed by atoms with E-state index in [4.69, 9.17) is 9.47 Å². The first-order valence-electron chi connectivity index (χ1n) is 6.93. The summed E-state index contributed by atoms with van der Waals surface area (Å²) in [6.45, 7) is 2.76. The van der Waals surface area contributed by atoms with Gasteiger partial charge in [-0.25, -0.2) is 0 Å². The minimum absolute atomic E-state index is 0.104. The van der Waals surface area contributed by atoms with Crippen LogP contribution in [0.25, 0.3) is 0 Å². The van der Waals surface area contributed by atoms with Gasteiger partial charge in [-0.2, -0.15) is 0 Å². The zero-order valence-electron chi connectivity index (χ0n) is 11.7. The van der Waals surface area contributed by atoms with Crippen molar-refractivity contribution in [3.63, 3.8) is 0 Å². The van der Waals surface area contributed by atoms with Gasteiger partial charge in [-0.05, 0) is 31.9 Å². The molecule has 0 atom stereocenters. The molecule has 110 valence electrons. The summed E-state index contributed by atoms with van der Waals surface area (Å²) in [7, 11) is 0. The van der Waals surface area contributed by atoms with Gasteiger partial charge in [0.2, 0.25) is 5.76 Å². The Balaban J connectivity index is 1.81. The lowest BCUT2D eigenvalue weighted by atomic mass is 10.1. The molecule has 3 heterocycles. The second kappa shape index (κ2) is 5.65.